The number of carbonyl (C=O) groups is 1. The molecule has 0 fully saturated rings. The molecule has 0 saturated heterocycles. The van der Waals surface area contributed by atoms with Gasteiger partial charge in [-0.15, -0.1) is 0 Å². The molecule has 0 bridgehead atoms. The number of fused-ring (bicyclic) bond motifs is 1. The Morgan fingerprint density at radius 1 is 1.33 bits per heavy atom. The topological polar surface area (TPSA) is 60.8 Å². The van der Waals surface area contributed by atoms with Gasteiger partial charge in [-0.1, -0.05) is 24.3 Å². The van der Waals surface area contributed by atoms with E-state index >= 15 is 0 Å². The van der Waals surface area contributed by atoms with E-state index in [2.05, 4.69) is 0 Å². The average Bonchev–Trinajstić information content (AvgIpc) is 2.70. The fourth-order valence-electron chi connectivity index (χ4n) is 1.78. The Labute approximate surface area is 87.8 Å². The summed E-state index contributed by atoms with van der Waals surface area (Å²) >= 11 is 0. The molecular weight excluding hydrogens is 194 g/mol. The second-order valence-electron chi connectivity index (χ2n) is 3.66. The van der Waals surface area contributed by atoms with E-state index in [0.29, 0.717) is 13.1 Å². The molecule has 0 saturated carbocycles. The zero-order valence-corrected chi connectivity index (χ0v) is 8.26. The monoisotopic (exact) mass is 207 g/mol. The SMILES string of the molecule is O=C([C@H](O)CO)N1Cc2ccccc2C1. The molecule has 0 aromatic heterocycles. The number of aliphatic hydroxyl groups is 2. The maximum absolute atomic E-state index is 11.6. The molecular formula is C11H13NO3. The van der Waals surface area contributed by atoms with Gasteiger partial charge in [0.05, 0.1) is 6.61 Å². The van der Waals surface area contributed by atoms with Gasteiger partial charge in [-0.3, -0.25) is 4.79 Å². The van der Waals surface area contributed by atoms with E-state index in [1.54, 1.807) is 4.90 Å². The molecule has 4 heteroatoms. The van der Waals surface area contributed by atoms with Crippen molar-refractivity contribution in [3.05, 3.63) is 35.4 Å². The number of hydrogen-bond acceptors (Lipinski definition) is 3. The highest BCUT2D eigenvalue weighted by Gasteiger charge is 2.26. The van der Waals surface area contributed by atoms with E-state index in [1.165, 1.54) is 0 Å². The van der Waals surface area contributed by atoms with Gasteiger partial charge in [0, 0.05) is 13.1 Å². The van der Waals surface area contributed by atoms with E-state index < -0.39 is 18.6 Å². The molecule has 2 N–H and O–H groups in total. The summed E-state index contributed by atoms with van der Waals surface area (Å²) < 4.78 is 0. The number of amides is 1. The van der Waals surface area contributed by atoms with E-state index in [4.69, 9.17) is 5.11 Å². The van der Waals surface area contributed by atoms with Gasteiger partial charge in [0.1, 0.15) is 0 Å². The molecule has 1 amide bonds. The molecule has 0 radical (unpaired) electrons. The van der Waals surface area contributed by atoms with Gasteiger partial charge in [0.2, 0.25) is 0 Å². The van der Waals surface area contributed by atoms with Crippen LogP contribution in [0, 0.1) is 0 Å². The van der Waals surface area contributed by atoms with Crippen molar-refractivity contribution in [3.63, 3.8) is 0 Å². The number of nitrogens with zero attached hydrogens (tertiary/aromatic N) is 1. The Balaban J connectivity index is 2.10. The van der Waals surface area contributed by atoms with Crippen LogP contribution in [0.5, 0.6) is 0 Å². The van der Waals surface area contributed by atoms with Crippen molar-refractivity contribution in [1.29, 1.82) is 0 Å². The van der Waals surface area contributed by atoms with Gasteiger partial charge in [-0.05, 0) is 11.1 Å². The summed E-state index contributed by atoms with van der Waals surface area (Å²) in [4.78, 5) is 13.1. The lowest BCUT2D eigenvalue weighted by Crippen LogP contribution is -2.37. The van der Waals surface area contributed by atoms with Crippen LogP contribution in [0.25, 0.3) is 0 Å². The van der Waals surface area contributed by atoms with Crippen LogP contribution in [0.1, 0.15) is 11.1 Å². The highest BCUT2D eigenvalue weighted by atomic mass is 16.3. The molecule has 1 aliphatic heterocycles. The van der Waals surface area contributed by atoms with Crippen LogP contribution in [0.3, 0.4) is 0 Å². The number of rotatable bonds is 2. The minimum absolute atomic E-state index is 0.409. The average molecular weight is 207 g/mol. The van der Waals surface area contributed by atoms with Crippen LogP contribution in [0.4, 0.5) is 0 Å². The van der Waals surface area contributed by atoms with Gasteiger partial charge in [0.25, 0.3) is 5.91 Å². The van der Waals surface area contributed by atoms with Crippen molar-refractivity contribution < 1.29 is 15.0 Å². The van der Waals surface area contributed by atoms with Crippen molar-refractivity contribution in [1.82, 2.24) is 4.90 Å². The molecule has 1 aromatic rings. The molecule has 1 heterocycles. The predicted octanol–water partition coefficient (Wildman–Crippen LogP) is -0.118. The Morgan fingerprint density at radius 2 is 1.87 bits per heavy atom. The molecule has 80 valence electrons. The second-order valence-corrected chi connectivity index (χ2v) is 3.66. The van der Waals surface area contributed by atoms with E-state index in [1.807, 2.05) is 24.3 Å². The Bertz CT molecular complexity index is 353. The quantitative estimate of drug-likeness (QED) is 0.711. The van der Waals surface area contributed by atoms with Crippen LogP contribution >= 0.6 is 0 Å². The van der Waals surface area contributed by atoms with Crippen LogP contribution < -0.4 is 0 Å². The zero-order chi connectivity index (χ0) is 10.8. The molecule has 0 aliphatic carbocycles. The van der Waals surface area contributed by atoms with E-state index in [-0.39, 0.29) is 0 Å². The standard InChI is InChI=1S/C11H13NO3/c13-7-10(14)11(15)12-5-8-3-1-2-4-9(8)6-12/h1-4,10,13-14H,5-7H2/t10-/m1/s1. The third-order valence-corrected chi connectivity index (χ3v) is 2.61. The predicted molar refractivity (Wildman–Crippen MR) is 53.8 cm³/mol. The minimum Gasteiger partial charge on any atom is -0.393 e. The highest BCUT2D eigenvalue weighted by Crippen LogP contribution is 2.22. The van der Waals surface area contributed by atoms with Crippen LogP contribution in [0.15, 0.2) is 24.3 Å². The normalized spacial score (nSPS) is 16.3. The number of benzene rings is 1. The lowest BCUT2D eigenvalue weighted by atomic mass is 10.1. The van der Waals surface area contributed by atoms with Crippen LogP contribution in [0.2, 0.25) is 0 Å². The van der Waals surface area contributed by atoms with Crippen molar-refractivity contribution in [2.45, 2.75) is 19.2 Å². The largest absolute Gasteiger partial charge is 0.393 e. The van der Waals surface area contributed by atoms with E-state index in [9.17, 15) is 9.90 Å². The van der Waals surface area contributed by atoms with Gasteiger partial charge < -0.3 is 15.1 Å². The number of hydrogen-bond donors (Lipinski definition) is 2. The summed E-state index contributed by atoms with van der Waals surface area (Å²) in [7, 11) is 0. The molecule has 0 spiro atoms. The van der Waals surface area contributed by atoms with Crippen molar-refractivity contribution in [2.24, 2.45) is 0 Å². The van der Waals surface area contributed by atoms with Crippen LogP contribution in [-0.2, 0) is 17.9 Å². The second kappa shape index (κ2) is 4.00. The Morgan fingerprint density at radius 3 is 2.33 bits per heavy atom. The summed E-state index contributed by atoms with van der Waals surface area (Å²) in [5.41, 5.74) is 2.21. The number of carbonyl (C=O) groups excluding carboxylic acids is 1. The van der Waals surface area contributed by atoms with Crippen LogP contribution in [-0.4, -0.2) is 33.7 Å². The van der Waals surface area contributed by atoms with Gasteiger partial charge in [0.15, 0.2) is 6.10 Å². The van der Waals surface area contributed by atoms with Gasteiger partial charge in [-0.25, -0.2) is 0 Å². The third kappa shape index (κ3) is 1.86. The summed E-state index contributed by atoms with van der Waals surface area (Å²) in [6.07, 6.45) is -1.29. The summed E-state index contributed by atoms with van der Waals surface area (Å²) in [6.45, 7) is 0.518. The first-order chi connectivity index (χ1) is 7.22. The molecule has 1 atom stereocenters. The maximum atomic E-state index is 11.6. The number of aliphatic hydroxyl groups excluding tert-OH is 2. The van der Waals surface area contributed by atoms with Crippen molar-refractivity contribution in [3.8, 4) is 0 Å². The van der Waals surface area contributed by atoms with Gasteiger partial charge in [-0.2, -0.15) is 0 Å². The first-order valence-corrected chi connectivity index (χ1v) is 4.87. The fraction of sp³-hybridized carbons (Fsp3) is 0.364. The molecule has 2 rings (SSSR count). The van der Waals surface area contributed by atoms with Crippen molar-refractivity contribution in [2.75, 3.05) is 6.61 Å². The molecule has 4 nitrogen and oxygen atoms in total. The Hall–Kier alpha value is -1.39. The first-order valence-electron chi connectivity index (χ1n) is 4.87. The highest BCUT2D eigenvalue weighted by molar-refractivity contribution is 5.81. The minimum atomic E-state index is -1.29. The lowest BCUT2D eigenvalue weighted by molar-refractivity contribution is -0.142. The smallest absolute Gasteiger partial charge is 0.254 e. The molecule has 0 unspecified atom stereocenters. The Kier molecular flexibility index (Phi) is 2.70. The maximum Gasteiger partial charge on any atom is 0.254 e. The summed E-state index contributed by atoms with van der Waals surface area (Å²) in [5, 5.41) is 17.9. The third-order valence-electron chi connectivity index (χ3n) is 2.61. The fourth-order valence-corrected chi connectivity index (χ4v) is 1.78. The van der Waals surface area contributed by atoms with Crippen molar-refractivity contribution >= 4 is 5.91 Å². The first kappa shape index (κ1) is 10.1. The lowest BCUT2D eigenvalue weighted by Gasteiger charge is -2.17. The summed E-state index contributed by atoms with van der Waals surface area (Å²) in [5.74, 6) is -0.409. The molecule has 1 aliphatic rings. The molecule has 15 heavy (non-hydrogen) atoms. The summed E-state index contributed by atoms with van der Waals surface area (Å²) in [6, 6.07) is 7.78. The molecule has 1 aromatic carbocycles. The zero-order valence-electron chi connectivity index (χ0n) is 8.26. The van der Waals surface area contributed by atoms with Gasteiger partial charge >= 0.3 is 0 Å². The van der Waals surface area contributed by atoms with E-state index in [0.717, 1.165) is 11.1 Å².